The third-order valence-electron chi connectivity index (χ3n) is 3.22. The fourth-order valence-electron chi connectivity index (χ4n) is 2.01. The van der Waals surface area contributed by atoms with Gasteiger partial charge in [0.1, 0.15) is 10.7 Å². The number of halogens is 2. The fourth-order valence-corrected chi connectivity index (χ4v) is 3.53. The van der Waals surface area contributed by atoms with Gasteiger partial charge in [0.05, 0.1) is 5.88 Å². The van der Waals surface area contributed by atoms with Crippen molar-refractivity contribution >= 4 is 21.6 Å². The van der Waals surface area contributed by atoms with Crippen LogP contribution in [0, 0.1) is 5.82 Å². The van der Waals surface area contributed by atoms with Gasteiger partial charge in [-0.05, 0) is 23.8 Å². The van der Waals surface area contributed by atoms with Gasteiger partial charge < -0.3 is 4.57 Å². The first kappa shape index (κ1) is 16.0. The Morgan fingerprint density at radius 3 is 2.62 bits per heavy atom. The molecule has 0 bridgehead atoms. The number of alkyl halides is 1. The van der Waals surface area contributed by atoms with Crippen LogP contribution in [0.4, 0.5) is 4.39 Å². The van der Waals surface area contributed by atoms with Crippen molar-refractivity contribution in [3.63, 3.8) is 0 Å². The Morgan fingerprint density at radius 2 is 2.05 bits per heavy atom. The van der Waals surface area contributed by atoms with E-state index in [0.717, 1.165) is 5.69 Å². The van der Waals surface area contributed by atoms with E-state index >= 15 is 0 Å². The summed E-state index contributed by atoms with van der Waals surface area (Å²) >= 11 is 5.75. The molecule has 0 aliphatic rings. The van der Waals surface area contributed by atoms with Crippen LogP contribution in [0.3, 0.4) is 0 Å². The van der Waals surface area contributed by atoms with Crippen molar-refractivity contribution in [3.8, 4) is 0 Å². The van der Waals surface area contributed by atoms with E-state index in [9.17, 15) is 12.8 Å². The van der Waals surface area contributed by atoms with Gasteiger partial charge in [0.15, 0.2) is 0 Å². The Hall–Kier alpha value is -1.37. The normalized spacial score (nSPS) is 12.0. The number of hydrogen-bond acceptors (Lipinski definition) is 2. The molecule has 2 aromatic rings. The predicted octanol–water partition coefficient (Wildman–Crippen LogP) is 2.72. The zero-order valence-electron chi connectivity index (χ0n) is 11.8. The zero-order chi connectivity index (χ0) is 15.6. The van der Waals surface area contributed by atoms with Crippen LogP contribution in [0.1, 0.15) is 11.3 Å². The maximum Gasteiger partial charge on any atom is 0.244 e. The van der Waals surface area contributed by atoms with Gasteiger partial charge >= 0.3 is 0 Å². The number of nitrogens with zero attached hydrogens (tertiary/aromatic N) is 2. The van der Waals surface area contributed by atoms with Gasteiger partial charge in [-0.2, -0.15) is 4.31 Å². The predicted molar refractivity (Wildman–Crippen MR) is 80.0 cm³/mol. The highest BCUT2D eigenvalue weighted by molar-refractivity contribution is 7.89. The molecule has 1 aromatic carbocycles. The highest BCUT2D eigenvalue weighted by Gasteiger charge is 2.23. The summed E-state index contributed by atoms with van der Waals surface area (Å²) in [5.74, 6) is -0.151. The summed E-state index contributed by atoms with van der Waals surface area (Å²) in [6.45, 7) is 0.102. The number of sulfonamides is 1. The summed E-state index contributed by atoms with van der Waals surface area (Å²) in [5.41, 5.74) is 1.31. The molecule has 0 atom stereocenters. The monoisotopic (exact) mass is 330 g/mol. The third kappa shape index (κ3) is 3.45. The van der Waals surface area contributed by atoms with E-state index in [1.54, 1.807) is 29.8 Å². The number of benzene rings is 1. The Labute approximate surface area is 128 Å². The first-order valence-electron chi connectivity index (χ1n) is 6.26. The van der Waals surface area contributed by atoms with Crippen LogP contribution < -0.4 is 0 Å². The van der Waals surface area contributed by atoms with Crippen molar-refractivity contribution in [2.24, 2.45) is 7.05 Å². The van der Waals surface area contributed by atoms with Gasteiger partial charge in [-0.1, -0.05) is 12.1 Å². The molecule has 0 radical (unpaired) electrons. The molecule has 0 N–H and O–H groups in total. The first-order valence-corrected chi connectivity index (χ1v) is 8.24. The summed E-state index contributed by atoms with van der Waals surface area (Å²) < 4.78 is 41.0. The molecule has 7 heteroatoms. The standard InChI is InChI=1S/C14H16ClFN2O2S/c1-17-10-14(7-13(17)8-15)21(19,20)18(2)9-11-4-3-5-12(16)6-11/h3-7,10H,8-9H2,1-2H3. The largest absolute Gasteiger partial charge is 0.352 e. The molecule has 0 aliphatic carbocycles. The Kier molecular flexibility index (Phi) is 4.70. The van der Waals surface area contributed by atoms with Crippen molar-refractivity contribution in [1.29, 1.82) is 0 Å². The molecule has 21 heavy (non-hydrogen) atoms. The minimum atomic E-state index is -3.63. The van der Waals surface area contributed by atoms with E-state index in [1.165, 1.54) is 29.7 Å². The topological polar surface area (TPSA) is 42.3 Å². The molecule has 0 saturated heterocycles. The van der Waals surface area contributed by atoms with Gasteiger partial charge in [-0.25, -0.2) is 12.8 Å². The Balaban J connectivity index is 2.26. The number of aromatic nitrogens is 1. The maximum atomic E-state index is 13.2. The van der Waals surface area contributed by atoms with Gasteiger partial charge in [-0.3, -0.25) is 0 Å². The molecule has 4 nitrogen and oxygen atoms in total. The molecule has 1 heterocycles. The third-order valence-corrected chi connectivity index (χ3v) is 5.26. The summed E-state index contributed by atoms with van der Waals surface area (Å²) in [7, 11) is -0.425. The molecule has 0 amide bonds. The molecular formula is C14H16ClFN2O2S. The lowest BCUT2D eigenvalue weighted by atomic mass is 10.2. The zero-order valence-corrected chi connectivity index (χ0v) is 13.3. The highest BCUT2D eigenvalue weighted by Crippen LogP contribution is 2.20. The maximum absolute atomic E-state index is 13.2. The lowest BCUT2D eigenvalue weighted by molar-refractivity contribution is 0.465. The second kappa shape index (κ2) is 6.17. The second-order valence-electron chi connectivity index (χ2n) is 4.80. The molecule has 0 saturated carbocycles. The van der Waals surface area contributed by atoms with Gasteiger partial charge in [0.2, 0.25) is 10.0 Å². The van der Waals surface area contributed by atoms with Crippen molar-refractivity contribution in [3.05, 3.63) is 53.6 Å². The summed E-state index contributed by atoms with van der Waals surface area (Å²) in [5, 5.41) is 0. The fraction of sp³-hybridized carbons (Fsp3) is 0.286. The summed E-state index contributed by atoms with van der Waals surface area (Å²) in [6.07, 6.45) is 1.52. The van der Waals surface area contributed by atoms with E-state index in [-0.39, 0.29) is 23.1 Å². The van der Waals surface area contributed by atoms with E-state index < -0.39 is 10.0 Å². The lowest BCUT2D eigenvalue weighted by Gasteiger charge is -2.16. The van der Waals surface area contributed by atoms with Crippen LogP contribution in [-0.2, 0) is 29.5 Å². The number of aryl methyl sites for hydroxylation is 1. The molecular weight excluding hydrogens is 315 g/mol. The molecule has 2 rings (SSSR count). The van der Waals surface area contributed by atoms with E-state index in [0.29, 0.717) is 5.56 Å². The molecule has 0 aliphatic heterocycles. The SMILES string of the molecule is CN(Cc1cccc(F)c1)S(=O)(=O)c1cc(CCl)n(C)c1. The second-order valence-corrected chi connectivity index (χ2v) is 7.11. The van der Waals surface area contributed by atoms with Crippen molar-refractivity contribution in [2.75, 3.05) is 7.05 Å². The van der Waals surface area contributed by atoms with Gasteiger partial charge in [0.25, 0.3) is 0 Å². The van der Waals surface area contributed by atoms with Crippen molar-refractivity contribution in [2.45, 2.75) is 17.3 Å². The van der Waals surface area contributed by atoms with Crippen LogP contribution >= 0.6 is 11.6 Å². The summed E-state index contributed by atoms with van der Waals surface area (Å²) in [6, 6.07) is 7.43. The van der Waals surface area contributed by atoms with Gasteiger partial charge in [0, 0.05) is 32.5 Å². The smallest absolute Gasteiger partial charge is 0.244 e. The van der Waals surface area contributed by atoms with Gasteiger partial charge in [-0.15, -0.1) is 11.6 Å². The van der Waals surface area contributed by atoms with Crippen LogP contribution in [0.5, 0.6) is 0 Å². The lowest BCUT2D eigenvalue weighted by Crippen LogP contribution is -2.26. The average molecular weight is 331 g/mol. The van der Waals surface area contributed by atoms with Crippen molar-refractivity contribution < 1.29 is 12.8 Å². The minimum absolute atomic E-state index is 0.102. The Morgan fingerprint density at radius 1 is 1.33 bits per heavy atom. The Bertz CT molecular complexity index is 743. The molecule has 114 valence electrons. The van der Waals surface area contributed by atoms with Crippen LogP contribution in [-0.4, -0.2) is 24.3 Å². The molecule has 1 aromatic heterocycles. The van der Waals surface area contributed by atoms with Crippen molar-refractivity contribution in [1.82, 2.24) is 8.87 Å². The summed E-state index contributed by atoms with van der Waals surface area (Å²) in [4.78, 5) is 0.180. The molecule has 0 fully saturated rings. The van der Waals surface area contributed by atoms with Crippen LogP contribution in [0.25, 0.3) is 0 Å². The van der Waals surface area contributed by atoms with E-state index in [1.807, 2.05) is 0 Å². The highest BCUT2D eigenvalue weighted by atomic mass is 35.5. The number of rotatable bonds is 5. The molecule has 0 spiro atoms. The average Bonchev–Trinajstić information content (AvgIpc) is 2.80. The molecule has 0 unspecified atom stereocenters. The minimum Gasteiger partial charge on any atom is -0.352 e. The first-order chi connectivity index (χ1) is 9.84. The van der Waals surface area contributed by atoms with E-state index in [2.05, 4.69) is 0 Å². The van der Waals surface area contributed by atoms with Crippen LogP contribution in [0.2, 0.25) is 0 Å². The van der Waals surface area contributed by atoms with Crippen LogP contribution in [0.15, 0.2) is 41.4 Å². The van der Waals surface area contributed by atoms with E-state index in [4.69, 9.17) is 11.6 Å². The quantitative estimate of drug-likeness (QED) is 0.791. The number of hydrogen-bond donors (Lipinski definition) is 0.